The van der Waals surface area contributed by atoms with Crippen molar-refractivity contribution in [2.24, 2.45) is 5.41 Å². The predicted molar refractivity (Wildman–Crippen MR) is 131 cm³/mol. The van der Waals surface area contributed by atoms with Crippen LogP contribution in [0.1, 0.15) is 42.8 Å². The summed E-state index contributed by atoms with van der Waals surface area (Å²) in [7, 11) is 0. The highest BCUT2D eigenvalue weighted by Crippen LogP contribution is 2.30. The third-order valence-electron chi connectivity index (χ3n) is 5.87. The molecule has 0 fully saturated rings. The lowest BCUT2D eigenvalue weighted by Gasteiger charge is -2.30. The molecule has 1 aromatic heterocycles. The number of nitrogens with one attached hydrogen (secondary N) is 1. The molecule has 0 spiro atoms. The number of ether oxygens (including phenoxy) is 1. The lowest BCUT2D eigenvalue weighted by Crippen LogP contribution is -2.43. The number of hydrogen-bond acceptors (Lipinski definition) is 6. The van der Waals surface area contributed by atoms with Crippen molar-refractivity contribution in [2.75, 3.05) is 13.2 Å². The van der Waals surface area contributed by atoms with E-state index in [0.29, 0.717) is 31.1 Å². The quantitative estimate of drug-likeness (QED) is 0.301. The average molecular weight is 501 g/mol. The number of carboxylic acid groups (broad SMARTS) is 1. The Morgan fingerprint density at radius 3 is 2.51 bits per heavy atom. The molecule has 0 aliphatic rings. The number of carbonyl (C=O) groups excluding carboxylic acids is 1. The van der Waals surface area contributed by atoms with E-state index < -0.39 is 29.2 Å². The van der Waals surface area contributed by atoms with E-state index in [9.17, 15) is 19.8 Å². The second kappa shape index (κ2) is 11.9. The molecule has 1 unspecified atom stereocenters. The Kier molecular flexibility index (Phi) is 8.89. The van der Waals surface area contributed by atoms with Crippen LogP contribution in [0.15, 0.2) is 59.1 Å². The van der Waals surface area contributed by atoms with E-state index in [-0.39, 0.29) is 12.2 Å². The van der Waals surface area contributed by atoms with Gasteiger partial charge >= 0.3 is 5.97 Å². The van der Waals surface area contributed by atoms with Crippen LogP contribution in [0.5, 0.6) is 5.88 Å². The van der Waals surface area contributed by atoms with E-state index in [1.807, 2.05) is 55.5 Å². The summed E-state index contributed by atoms with van der Waals surface area (Å²) in [5, 5.41) is 26.2. The number of carbonyl (C=O) groups is 2. The highest BCUT2D eigenvalue weighted by molar-refractivity contribution is 6.30. The first-order valence-corrected chi connectivity index (χ1v) is 11.7. The number of rotatable bonds is 12. The molecule has 3 rings (SSSR count). The molecule has 0 aliphatic heterocycles. The SMILES string of the molecule is CCOCCC(C)(C[C@@H](Cc1ccc(-c2cccc(Cl)c2)cc1)NC(=O)c1cc(O)no1)C(=O)O. The van der Waals surface area contributed by atoms with Gasteiger partial charge in [0.05, 0.1) is 11.5 Å². The number of benzene rings is 2. The fraction of sp³-hybridized carbons (Fsp3) is 0.346. The maximum atomic E-state index is 12.7. The maximum absolute atomic E-state index is 12.7. The van der Waals surface area contributed by atoms with Crippen LogP contribution in [0.25, 0.3) is 11.1 Å². The first-order valence-electron chi connectivity index (χ1n) is 11.3. The molecule has 3 N–H and O–H groups in total. The summed E-state index contributed by atoms with van der Waals surface area (Å²) < 4.78 is 10.2. The first kappa shape index (κ1) is 26.2. The van der Waals surface area contributed by atoms with Crippen LogP contribution in [0.3, 0.4) is 0 Å². The van der Waals surface area contributed by atoms with Crippen LogP contribution in [0.4, 0.5) is 0 Å². The molecule has 2 aromatic carbocycles. The highest BCUT2D eigenvalue weighted by atomic mass is 35.5. The molecule has 0 aliphatic carbocycles. The van der Waals surface area contributed by atoms with Crippen molar-refractivity contribution < 1.29 is 29.1 Å². The van der Waals surface area contributed by atoms with Crippen LogP contribution in [-0.2, 0) is 16.0 Å². The number of aromatic hydroxyl groups is 1. The Bertz CT molecular complexity index is 1150. The Hall–Kier alpha value is -3.36. The maximum Gasteiger partial charge on any atom is 0.309 e. The van der Waals surface area contributed by atoms with Gasteiger partial charge < -0.3 is 24.8 Å². The standard InChI is InChI=1S/C26H29ClN2O6/c1-3-34-12-11-26(2,25(32)33)16-21(28-24(31)22-15-23(30)29-35-22)13-17-7-9-18(10-8-17)19-5-4-6-20(27)14-19/h4-10,14-15,21H,3,11-13,16H2,1-2H3,(H,28,31)(H,29,30)(H,32,33)/t21-,26?/m1/s1. The summed E-state index contributed by atoms with van der Waals surface area (Å²) in [4.78, 5) is 24.9. The lowest BCUT2D eigenvalue weighted by molar-refractivity contribution is -0.150. The van der Waals surface area contributed by atoms with Crippen molar-refractivity contribution in [3.63, 3.8) is 0 Å². The number of nitrogens with zero attached hydrogens (tertiary/aromatic N) is 1. The van der Waals surface area contributed by atoms with Gasteiger partial charge in [-0.25, -0.2) is 0 Å². The average Bonchev–Trinajstić information content (AvgIpc) is 3.26. The zero-order chi connectivity index (χ0) is 25.4. The van der Waals surface area contributed by atoms with Crippen LogP contribution >= 0.6 is 11.6 Å². The monoisotopic (exact) mass is 500 g/mol. The van der Waals surface area contributed by atoms with Gasteiger partial charge in [-0.15, -0.1) is 0 Å². The largest absolute Gasteiger partial charge is 0.491 e. The smallest absolute Gasteiger partial charge is 0.309 e. The summed E-state index contributed by atoms with van der Waals surface area (Å²) >= 11 is 6.10. The minimum absolute atomic E-state index is 0.157. The molecule has 0 saturated heterocycles. The fourth-order valence-corrected chi connectivity index (χ4v) is 4.06. The van der Waals surface area contributed by atoms with Crippen LogP contribution in [0.2, 0.25) is 5.02 Å². The van der Waals surface area contributed by atoms with Crippen molar-refractivity contribution in [3.05, 3.63) is 70.9 Å². The van der Waals surface area contributed by atoms with Crippen molar-refractivity contribution in [1.82, 2.24) is 10.5 Å². The third kappa shape index (κ3) is 7.31. The van der Waals surface area contributed by atoms with Gasteiger partial charge in [-0.2, -0.15) is 0 Å². The molecule has 0 bridgehead atoms. The number of carboxylic acids is 1. The van der Waals surface area contributed by atoms with E-state index in [1.54, 1.807) is 6.92 Å². The molecule has 1 heterocycles. The van der Waals surface area contributed by atoms with E-state index in [2.05, 4.69) is 10.5 Å². The van der Waals surface area contributed by atoms with Gasteiger partial charge in [-0.3, -0.25) is 9.59 Å². The molecule has 3 aromatic rings. The second-order valence-corrected chi connectivity index (χ2v) is 9.08. The molecule has 186 valence electrons. The molecule has 9 heteroatoms. The van der Waals surface area contributed by atoms with E-state index >= 15 is 0 Å². The second-order valence-electron chi connectivity index (χ2n) is 8.65. The van der Waals surface area contributed by atoms with E-state index in [0.717, 1.165) is 22.8 Å². The minimum atomic E-state index is -1.13. The van der Waals surface area contributed by atoms with Crippen molar-refractivity contribution in [2.45, 2.75) is 39.2 Å². The number of halogens is 1. The van der Waals surface area contributed by atoms with Crippen molar-refractivity contribution >= 4 is 23.5 Å². The summed E-state index contributed by atoms with van der Waals surface area (Å²) in [5.41, 5.74) is 1.76. The number of aromatic nitrogens is 1. The number of aliphatic carboxylic acids is 1. The lowest BCUT2D eigenvalue weighted by atomic mass is 9.79. The van der Waals surface area contributed by atoms with E-state index in [4.69, 9.17) is 20.9 Å². The van der Waals surface area contributed by atoms with Crippen LogP contribution in [-0.4, -0.2) is 46.5 Å². The van der Waals surface area contributed by atoms with Gasteiger partial charge in [-0.1, -0.05) is 48.0 Å². The Morgan fingerprint density at radius 1 is 1.17 bits per heavy atom. The number of hydrogen-bond donors (Lipinski definition) is 3. The summed E-state index contributed by atoms with van der Waals surface area (Å²) in [6.07, 6.45) is 0.843. The Morgan fingerprint density at radius 2 is 1.91 bits per heavy atom. The molecule has 35 heavy (non-hydrogen) atoms. The molecule has 0 saturated carbocycles. The van der Waals surface area contributed by atoms with Gasteiger partial charge in [0.15, 0.2) is 0 Å². The Balaban J connectivity index is 1.81. The van der Waals surface area contributed by atoms with Crippen LogP contribution in [0, 0.1) is 5.41 Å². The van der Waals surface area contributed by atoms with Gasteiger partial charge in [-0.05, 0) is 67.1 Å². The molecule has 1 amide bonds. The first-order chi connectivity index (χ1) is 16.7. The topological polar surface area (TPSA) is 122 Å². The minimum Gasteiger partial charge on any atom is -0.491 e. The summed E-state index contributed by atoms with van der Waals surface area (Å²) in [5.74, 6) is -2.12. The predicted octanol–water partition coefficient (Wildman–Crippen LogP) is 4.95. The summed E-state index contributed by atoms with van der Waals surface area (Å²) in [6, 6.07) is 15.9. The third-order valence-corrected chi connectivity index (χ3v) is 6.10. The molecule has 0 radical (unpaired) electrons. The van der Waals surface area contributed by atoms with Gasteiger partial charge in [0.2, 0.25) is 5.76 Å². The van der Waals surface area contributed by atoms with Crippen molar-refractivity contribution in [1.29, 1.82) is 0 Å². The summed E-state index contributed by atoms with van der Waals surface area (Å²) in [6.45, 7) is 4.28. The molecular weight excluding hydrogens is 472 g/mol. The normalized spacial score (nSPS) is 13.7. The highest BCUT2D eigenvalue weighted by Gasteiger charge is 2.36. The zero-order valence-corrected chi connectivity index (χ0v) is 20.4. The molecular formula is C26H29ClN2O6. The van der Waals surface area contributed by atoms with Gasteiger partial charge in [0.25, 0.3) is 11.8 Å². The molecule has 2 atom stereocenters. The van der Waals surface area contributed by atoms with Gasteiger partial charge in [0.1, 0.15) is 0 Å². The zero-order valence-electron chi connectivity index (χ0n) is 19.7. The van der Waals surface area contributed by atoms with Crippen LogP contribution < -0.4 is 5.32 Å². The van der Waals surface area contributed by atoms with E-state index in [1.165, 1.54) is 0 Å². The van der Waals surface area contributed by atoms with Gasteiger partial charge in [0, 0.05) is 24.3 Å². The van der Waals surface area contributed by atoms with Crippen molar-refractivity contribution in [3.8, 4) is 17.0 Å². The molecule has 8 nitrogen and oxygen atoms in total. The number of amides is 1. The fourth-order valence-electron chi connectivity index (χ4n) is 3.87. The Labute approximate surface area is 208 Å².